The van der Waals surface area contributed by atoms with E-state index in [0.29, 0.717) is 16.8 Å². The van der Waals surface area contributed by atoms with E-state index in [1.54, 1.807) is 6.92 Å². The van der Waals surface area contributed by atoms with Gasteiger partial charge in [0.2, 0.25) is 11.8 Å². The molecule has 25 heavy (non-hydrogen) atoms. The number of halogens is 1. The molecule has 1 aromatic heterocycles. The van der Waals surface area contributed by atoms with Gasteiger partial charge in [0, 0.05) is 37.1 Å². The van der Waals surface area contributed by atoms with Crippen molar-refractivity contribution in [1.29, 1.82) is 0 Å². The van der Waals surface area contributed by atoms with Gasteiger partial charge in [-0.3, -0.25) is 9.69 Å². The van der Waals surface area contributed by atoms with Crippen LogP contribution in [-0.4, -0.2) is 35.4 Å². The van der Waals surface area contributed by atoms with Crippen LogP contribution in [0.15, 0.2) is 28.7 Å². The second kappa shape index (κ2) is 8.02. The minimum absolute atomic E-state index is 0.0390. The monoisotopic (exact) mass is 361 g/mol. The van der Waals surface area contributed by atoms with Crippen LogP contribution in [0.5, 0.6) is 0 Å². The van der Waals surface area contributed by atoms with Gasteiger partial charge in [-0.05, 0) is 56.5 Å². The molecule has 0 saturated carbocycles. The molecular weight excluding hydrogens is 338 g/mol. The second-order valence-corrected chi connectivity index (χ2v) is 7.15. The van der Waals surface area contributed by atoms with E-state index >= 15 is 0 Å². The quantitative estimate of drug-likeness (QED) is 0.883. The Kier molecular flexibility index (Phi) is 5.76. The first-order valence-electron chi connectivity index (χ1n) is 8.70. The minimum atomic E-state index is 0.0390. The molecule has 1 aromatic carbocycles. The van der Waals surface area contributed by atoms with Crippen molar-refractivity contribution in [3.63, 3.8) is 0 Å². The van der Waals surface area contributed by atoms with E-state index in [4.69, 9.17) is 16.0 Å². The van der Waals surface area contributed by atoms with Gasteiger partial charge in [-0.15, -0.1) is 0 Å². The molecule has 0 radical (unpaired) electrons. The molecule has 3 rings (SSSR count). The lowest BCUT2D eigenvalue weighted by Crippen LogP contribution is -2.40. The normalized spacial score (nSPS) is 18.3. The predicted molar refractivity (Wildman–Crippen MR) is 98.4 cm³/mol. The third-order valence-corrected chi connectivity index (χ3v) is 4.85. The van der Waals surface area contributed by atoms with Crippen LogP contribution >= 0.6 is 11.6 Å². The number of likely N-dealkylation sites (tertiary alicyclic amines) is 1. The van der Waals surface area contributed by atoms with Gasteiger partial charge in [0.05, 0.1) is 5.69 Å². The molecule has 1 N–H and O–H groups in total. The topological polar surface area (TPSA) is 58.4 Å². The molecule has 1 amide bonds. The van der Waals surface area contributed by atoms with Crippen LogP contribution in [0, 0.1) is 12.8 Å². The number of amides is 1. The van der Waals surface area contributed by atoms with Crippen LogP contribution in [-0.2, 0) is 11.3 Å². The first kappa shape index (κ1) is 18.0. The van der Waals surface area contributed by atoms with Crippen LogP contribution in [0.25, 0.3) is 11.5 Å². The number of carbonyl (C=O) groups is 1. The third kappa shape index (κ3) is 4.83. The summed E-state index contributed by atoms with van der Waals surface area (Å²) in [6, 6.07) is 7.52. The summed E-state index contributed by atoms with van der Waals surface area (Å²) in [5.74, 6) is 2.03. The fourth-order valence-corrected chi connectivity index (χ4v) is 3.38. The molecule has 0 aliphatic carbocycles. The Morgan fingerprint density at radius 2 is 2.16 bits per heavy atom. The second-order valence-electron chi connectivity index (χ2n) is 6.71. The van der Waals surface area contributed by atoms with Gasteiger partial charge in [0.15, 0.2) is 0 Å². The van der Waals surface area contributed by atoms with E-state index in [2.05, 4.69) is 15.2 Å². The number of nitrogens with zero attached hydrogens (tertiary/aromatic N) is 2. The molecule has 0 unspecified atom stereocenters. The number of hydrogen-bond donors (Lipinski definition) is 1. The molecule has 5 nitrogen and oxygen atoms in total. The van der Waals surface area contributed by atoms with Crippen molar-refractivity contribution in [2.24, 2.45) is 5.92 Å². The summed E-state index contributed by atoms with van der Waals surface area (Å²) in [7, 11) is 0. The largest absolute Gasteiger partial charge is 0.441 e. The lowest BCUT2D eigenvalue weighted by atomic mass is 9.98. The molecule has 1 fully saturated rings. The van der Waals surface area contributed by atoms with Crippen molar-refractivity contribution >= 4 is 17.5 Å². The maximum absolute atomic E-state index is 11.1. The van der Waals surface area contributed by atoms with Gasteiger partial charge < -0.3 is 9.73 Å². The SMILES string of the molecule is CC(=O)NC[C@@H]1CCCN(Cc2nc(-c3ccc(Cl)cc3)oc2C)C1. The highest BCUT2D eigenvalue weighted by Gasteiger charge is 2.22. The zero-order chi connectivity index (χ0) is 17.8. The third-order valence-electron chi connectivity index (χ3n) is 4.60. The lowest BCUT2D eigenvalue weighted by molar-refractivity contribution is -0.119. The summed E-state index contributed by atoms with van der Waals surface area (Å²) < 4.78 is 5.85. The number of hydrogen-bond acceptors (Lipinski definition) is 4. The molecule has 1 atom stereocenters. The molecular formula is C19H24ClN3O2. The van der Waals surface area contributed by atoms with Crippen molar-refractivity contribution < 1.29 is 9.21 Å². The first-order valence-corrected chi connectivity index (χ1v) is 9.08. The Balaban J connectivity index is 1.64. The summed E-state index contributed by atoms with van der Waals surface area (Å²) in [6.07, 6.45) is 2.30. The van der Waals surface area contributed by atoms with Gasteiger partial charge in [-0.2, -0.15) is 0 Å². The number of oxazole rings is 1. The number of aryl methyl sites for hydroxylation is 1. The predicted octanol–water partition coefficient (Wildman–Crippen LogP) is 3.65. The molecule has 1 saturated heterocycles. The summed E-state index contributed by atoms with van der Waals surface area (Å²) >= 11 is 5.94. The van der Waals surface area contributed by atoms with Crippen molar-refractivity contribution in [3.8, 4) is 11.5 Å². The highest BCUT2D eigenvalue weighted by atomic mass is 35.5. The van der Waals surface area contributed by atoms with E-state index in [0.717, 1.165) is 56.0 Å². The Bertz CT molecular complexity index is 727. The van der Waals surface area contributed by atoms with Crippen molar-refractivity contribution in [2.75, 3.05) is 19.6 Å². The number of benzene rings is 1. The van der Waals surface area contributed by atoms with E-state index in [1.807, 2.05) is 31.2 Å². The standard InChI is InChI=1S/C19H24ClN3O2/c1-13-18(22-19(25-13)16-5-7-17(20)8-6-16)12-23-9-3-4-15(11-23)10-21-14(2)24/h5-8,15H,3-4,9-12H2,1-2H3,(H,21,24)/t15-/m0/s1. The van der Waals surface area contributed by atoms with Crippen LogP contribution in [0.2, 0.25) is 5.02 Å². The highest BCUT2D eigenvalue weighted by molar-refractivity contribution is 6.30. The molecule has 2 heterocycles. The smallest absolute Gasteiger partial charge is 0.226 e. The number of carbonyl (C=O) groups excluding carboxylic acids is 1. The molecule has 2 aromatic rings. The molecule has 6 heteroatoms. The number of aromatic nitrogens is 1. The number of piperidine rings is 1. The van der Waals surface area contributed by atoms with Crippen LogP contribution in [0.4, 0.5) is 0 Å². The maximum atomic E-state index is 11.1. The maximum Gasteiger partial charge on any atom is 0.226 e. The summed E-state index contributed by atoms with van der Waals surface area (Å²) in [4.78, 5) is 18.2. The van der Waals surface area contributed by atoms with E-state index in [1.165, 1.54) is 0 Å². The summed E-state index contributed by atoms with van der Waals surface area (Å²) in [5, 5.41) is 3.63. The van der Waals surface area contributed by atoms with Crippen LogP contribution < -0.4 is 5.32 Å². The minimum Gasteiger partial charge on any atom is -0.441 e. The van der Waals surface area contributed by atoms with Gasteiger partial charge in [0.1, 0.15) is 5.76 Å². The fourth-order valence-electron chi connectivity index (χ4n) is 3.25. The fraction of sp³-hybridized carbons (Fsp3) is 0.474. The van der Waals surface area contributed by atoms with Gasteiger partial charge in [0.25, 0.3) is 0 Å². The van der Waals surface area contributed by atoms with Crippen molar-refractivity contribution in [3.05, 3.63) is 40.7 Å². The van der Waals surface area contributed by atoms with Gasteiger partial charge in [-0.25, -0.2) is 4.98 Å². The Hall–Kier alpha value is -1.85. The average Bonchev–Trinajstić information content (AvgIpc) is 2.95. The molecule has 1 aliphatic heterocycles. The average molecular weight is 362 g/mol. The molecule has 0 spiro atoms. The zero-order valence-electron chi connectivity index (χ0n) is 14.7. The van der Waals surface area contributed by atoms with E-state index < -0.39 is 0 Å². The zero-order valence-corrected chi connectivity index (χ0v) is 15.5. The molecule has 1 aliphatic rings. The van der Waals surface area contributed by atoms with Crippen molar-refractivity contribution in [2.45, 2.75) is 33.2 Å². The Morgan fingerprint density at radius 3 is 2.88 bits per heavy atom. The van der Waals surface area contributed by atoms with Crippen LogP contribution in [0.1, 0.15) is 31.2 Å². The van der Waals surface area contributed by atoms with Crippen molar-refractivity contribution in [1.82, 2.24) is 15.2 Å². The van der Waals surface area contributed by atoms with Gasteiger partial charge in [-0.1, -0.05) is 11.6 Å². The number of rotatable bonds is 5. The van der Waals surface area contributed by atoms with Crippen LogP contribution in [0.3, 0.4) is 0 Å². The highest BCUT2D eigenvalue weighted by Crippen LogP contribution is 2.25. The Morgan fingerprint density at radius 1 is 1.40 bits per heavy atom. The summed E-state index contributed by atoms with van der Waals surface area (Å²) in [6.45, 7) is 7.08. The lowest BCUT2D eigenvalue weighted by Gasteiger charge is -2.32. The first-order chi connectivity index (χ1) is 12.0. The van der Waals surface area contributed by atoms with E-state index in [-0.39, 0.29) is 5.91 Å². The number of nitrogens with one attached hydrogen (secondary N) is 1. The summed E-state index contributed by atoms with van der Waals surface area (Å²) in [5.41, 5.74) is 1.91. The van der Waals surface area contributed by atoms with Gasteiger partial charge >= 0.3 is 0 Å². The van der Waals surface area contributed by atoms with E-state index in [9.17, 15) is 4.79 Å². The molecule has 134 valence electrons. The Labute approximate surface area is 153 Å². The molecule has 0 bridgehead atoms.